The molecule has 2 aromatic carbocycles. The van der Waals surface area contributed by atoms with Gasteiger partial charge in [-0.15, -0.1) is 34.0 Å². The molecule has 0 saturated carbocycles. The number of nitrogens with zero attached hydrogens (tertiary/aromatic N) is 5. The summed E-state index contributed by atoms with van der Waals surface area (Å²) in [6.07, 6.45) is 33.8. The molecule has 11 heteroatoms. The van der Waals surface area contributed by atoms with Crippen LogP contribution in [-0.4, -0.2) is 53.1 Å². The number of fused-ring (bicyclic) bond motifs is 3. The minimum absolute atomic E-state index is 0.514. The molecule has 6 heterocycles. The third kappa shape index (κ3) is 14.6. The van der Waals surface area contributed by atoms with Crippen molar-refractivity contribution < 1.29 is 9.47 Å². The predicted molar refractivity (Wildman–Crippen MR) is 317 cm³/mol. The number of benzene rings is 2. The van der Waals surface area contributed by atoms with Crippen LogP contribution in [0.5, 0.6) is 11.5 Å². The van der Waals surface area contributed by atoms with E-state index in [0.717, 1.165) is 80.2 Å². The summed E-state index contributed by atoms with van der Waals surface area (Å²) in [5, 5.41) is 0. The van der Waals surface area contributed by atoms with Crippen molar-refractivity contribution in [3.63, 3.8) is 0 Å². The average molecular weight is 1050 g/mol. The second-order valence-electron chi connectivity index (χ2n) is 20.2. The Labute approximate surface area is 449 Å². The molecule has 8 rings (SSSR count). The topological polar surface area (TPSA) is 63.6 Å². The van der Waals surface area contributed by atoms with Gasteiger partial charge in [0.05, 0.1) is 26.4 Å². The fraction of sp³-hybridized carbons (Fsp3) is 0.557. The molecule has 0 unspecified atom stereocenters. The maximum Gasteiger partial charge on any atom is 0.180 e. The zero-order chi connectivity index (χ0) is 49.7. The molecule has 0 N–H and O–H groups in total. The van der Waals surface area contributed by atoms with E-state index in [9.17, 15) is 0 Å². The van der Waals surface area contributed by atoms with Crippen LogP contribution in [0.4, 0.5) is 11.4 Å². The number of aromatic nitrogens is 3. The number of rotatable bonds is 34. The van der Waals surface area contributed by atoms with Gasteiger partial charge in [-0.05, 0) is 73.2 Å². The first-order chi connectivity index (χ1) is 35.6. The number of ether oxygens (including phenoxy) is 2. The van der Waals surface area contributed by atoms with Crippen LogP contribution in [-0.2, 0) is 0 Å². The summed E-state index contributed by atoms with van der Waals surface area (Å²) in [5.74, 6) is 1.62. The first kappa shape index (κ1) is 54.2. The van der Waals surface area contributed by atoms with Crippen molar-refractivity contribution in [1.82, 2.24) is 13.7 Å². The van der Waals surface area contributed by atoms with Crippen LogP contribution in [0.2, 0.25) is 0 Å². The Bertz CT molecular complexity index is 2580. The maximum atomic E-state index is 6.43. The van der Waals surface area contributed by atoms with Gasteiger partial charge < -0.3 is 19.3 Å². The number of thiophene rings is 3. The first-order valence-corrected chi connectivity index (χ1v) is 31.6. The van der Waals surface area contributed by atoms with Crippen molar-refractivity contribution in [2.24, 2.45) is 0 Å². The second kappa shape index (κ2) is 29.2. The maximum absolute atomic E-state index is 6.43. The van der Waals surface area contributed by atoms with Crippen LogP contribution in [0.15, 0.2) is 66.9 Å². The highest BCUT2D eigenvalue weighted by Crippen LogP contribution is 2.55. The molecule has 0 aliphatic carbocycles. The normalized spacial score (nSPS) is 12.4. The van der Waals surface area contributed by atoms with E-state index in [1.165, 1.54) is 197 Å². The van der Waals surface area contributed by atoms with Crippen molar-refractivity contribution in [2.45, 2.75) is 182 Å². The zero-order valence-corrected chi connectivity index (χ0v) is 47.5. The molecule has 1 aliphatic rings. The van der Waals surface area contributed by atoms with Crippen LogP contribution in [0.25, 0.3) is 62.3 Å². The van der Waals surface area contributed by atoms with Gasteiger partial charge in [0.25, 0.3) is 0 Å². The number of anilines is 2. The van der Waals surface area contributed by atoms with E-state index in [-0.39, 0.29) is 0 Å². The summed E-state index contributed by atoms with van der Waals surface area (Å²) in [5.41, 5.74) is 8.66. The number of hydrogen-bond donors (Lipinski definition) is 0. The van der Waals surface area contributed by atoms with E-state index in [4.69, 9.17) is 23.2 Å². The lowest BCUT2D eigenvalue weighted by Gasteiger charge is -2.25. The largest absolute Gasteiger partial charge is 0.485 e. The number of pyridine rings is 1. The van der Waals surface area contributed by atoms with Gasteiger partial charge in [0, 0.05) is 63.6 Å². The third-order valence-corrected chi connectivity index (χ3v) is 18.6. The lowest BCUT2D eigenvalue weighted by Crippen LogP contribution is -2.25. The number of unbranched alkanes of at least 4 members (excludes halogenated alkanes) is 20. The molecule has 0 atom stereocenters. The van der Waals surface area contributed by atoms with Crippen molar-refractivity contribution in [2.75, 3.05) is 49.2 Å². The van der Waals surface area contributed by atoms with Gasteiger partial charge in [0.15, 0.2) is 11.5 Å². The van der Waals surface area contributed by atoms with Crippen LogP contribution >= 0.6 is 45.7 Å². The Balaban J connectivity index is 0.968. The predicted octanol–water partition coefficient (Wildman–Crippen LogP) is 19.9. The summed E-state index contributed by atoms with van der Waals surface area (Å²) in [6.45, 7) is 14.8. The van der Waals surface area contributed by atoms with Gasteiger partial charge in [-0.3, -0.25) is 4.98 Å². The molecule has 5 aromatic heterocycles. The highest BCUT2D eigenvalue weighted by Gasteiger charge is 2.29. The molecular formula is C61H83N5O2S4. The smallest absolute Gasteiger partial charge is 0.180 e. The minimum atomic E-state index is 0.514. The molecular weight excluding hydrogens is 963 g/mol. The second-order valence-corrected chi connectivity index (χ2v) is 23.9. The van der Waals surface area contributed by atoms with Gasteiger partial charge in [0.1, 0.15) is 29.9 Å². The lowest BCUT2D eigenvalue weighted by atomic mass is 10.1. The van der Waals surface area contributed by atoms with E-state index in [1.54, 1.807) is 22.7 Å². The molecule has 0 radical (unpaired) electrons. The Morgan fingerprint density at radius 2 is 0.861 bits per heavy atom. The number of hydrogen-bond acceptors (Lipinski definition) is 11. The van der Waals surface area contributed by atoms with E-state index in [2.05, 4.69) is 98.2 Å². The summed E-state index contributed by atoms with van der Waals surface area (Å²) >= 11 is 6.64. The minimum Gasteiger partial charge on any atom is -0.485 e. The van der Waals surface area contributed by atoms with Crippen molar-refractivity contribution >= 4 is 77.5 Å². The Kier molecular flexibility index (Phi) is 22.0. The Hall–Kier alpha value is -4.03. The van der Waals surface area contributed by atoms with Crippen LogP contribution < -0.4 is 19.3 Å². The fourth-order valence-electron chi connectivity index (χ4n) is 10.3. The summed E-state index contributed by atoms with van der Waals surface area (Å²) in [4.78, 5) is 15.0. The average Bonchev–Trinajstić information content (AvgIpc) is 4.23. The van der Waals surface area contributed by atoms with Crippen LogP contribution in [0, 0.1) is 0 Å². The summed E-state index contributed by atoms with van der Waals surface area (Å²) < 4.78 is 25.2. The van der Waals surface area contributed by atoms with Gasteiger partial charge >= 0.3 is 0 Å². The monoisotopic (exact) mass is 1050 g/mol. The molecule has 72 heavy (non-hydrogen) atoms. The van der Waals surface area contributed by atoms with Gasteiger partial charge in [-0.25, -0.2) is 0 Å². The molecule has 388 valence electrons. The van der Waals surface area contributed by atoms with Gasteiger partial charge in [0.2, 0.25) is 0 Å². The molecule has 1 aliphatic heterocycles. The van der Waals surface area contributed by atoms with E-state index in [0.29, 0.717) is 13.2 Å². The van der Waals surface area contributed by atoms with Gasteiger partial charge in [-0.2, -0.15) is 8.75 Å². The SMILES string of the molecule is CCCCCCCCN(CCCCCCCC)c1ccc(-c2cc3sc(-c4ncc(-c5sc(-c6ccc(N(CCCCCCCC)CCCCCCCC)cc6)c6c5OCCO6)c5nsnc45)cc3s2)cc1. The standard InChI is InChI=1S/C61H83N5O2S4/c1-5-9-13-17-21-25-37-65(38-26-22-18-14-10-6-2)48-33-29-46(30-34-48)51-43-52-53(69-51)44-54(70-52)56-57-55(63-72-64-57)50(45-62-56)61-59-58(67-41-42-68-59)60(71-61)47-31-35-49(36-32-47)66(39-27-23-19-15-11-7-3)40-28-24-20-16-12-8-4/h29-36,43-45H,5-28,37-42H2,1-4H3. The molecule has 0 bridgehead atoms. The van der Waals surface area contributed by atoms with Crippen LogP contribution in [0.1, 0.15) is 182 Å². The van der Waals surface area contributed by atoms with Crippen molar-refractivity contribution in [3.8, 4) is 53.4 Å². The zero-order valence-electron chi connectivity index (χ0n) is 44.2. The fourth-order valence-corrected chi connectivity index (χ4v) is 14.4. The summed E-state index contributed by atoms with van der Waals surface area (Å²) in [6, 6.07) is 23.3. The Morgan fingerprint density at radius 1 is 0.444 bits per heavy atom. The molecule has 0 fully saturated rings. The Morgan fingerprint density at radius 3 is 1.36 bits per heavy atom. The van der Waals surface area contributed by atoms with Crippen molar-refractivity contribution in [1.29, 1.82) is 0 Å². The van der Waals surface area contributed by atoms with Crippen LogP contribution in [0.3, 0.4) is 0 Å². The molecule has 7 aromatic rings. The quantitative estimate of drug-likeness (QED) is 0.0373. The lowest BCUT2D eigenvalue weighted by molar-refractivity contribution is 0.175. The van der Waals surface area contributed by atoms with E-state index >= 15 is 0 Å². The highest BCUT2D eigenvalue weighted by molar-refractivity contribution is 7.31. The van der Waals surface area contributed by atoms with Gasteiger partial charge in [-0.1, -0.05) is 180 Å². The molecule has 0 saturated heterocycles. The molecule has 7 nitrogen and oxygen atoms in total. The van der Waals surface area contributed by atoms with E-state index < -0.39 is 0 Å². The highest BCUT2D eigenvalue weighted by atomic mass is 32.1. The first-order valence-electron chi connectivity index (χ1n) is 28.4. The molecule has 0 amide bonds. The summed E-state index contributed by atoms with van der Waals surface area (Å²) in [7, 11) is 0. The van der Waals surface area contributed by atoms with E-state index in [1.807, 2.05) is 17.5 Å². The molecule has 0 spiro atoms. The third-order valence-electron chi connectivity index (χ3n) is 14.5. The van der Waals surface area contributed by atoms with Crippen molar-refractivity contribution in [3.05, 3.63) is 66.9 Å².